The molecule has 0 radical (unpaired) electrons. The number of ether oxygens (including phenoxy) is 1. The van der Waals surface area contributed by atoms with Crippen LogP contribution in [0.5, 0.6) is 0 Å². The van der Waals surface area contributed by atoms with Gasteiger partial charge in [-0.2, -0.15) is 0 Å². The van der Waals surface area contributed by atoms with E-state index in [-0.39, 0.29) is 11.8 Å². The number of hydrogen-bond acceptors (Lipinski definition) is 3. The molecule has 0 bridgehead atoms. The third-order valence-corrected chi connectivity index (χ3v) is 2.59. The number of amides is 2. The Labute approximate surface area is 110 Å². The summed E-state index contributed by atoms with van der Waals surface area (Å²) in [6.07, 6.45) is 0.253. The van der Waals surface area contributed by atoms with Crippen molar-refractivity contribution >= 4 is 12.0 Å². The zero-order chi connectivity index (χ0) is 14.5. The number of hydrogen-bond donors (Lipinski definition) is 1. The number of nitrogens with zero attached hydrogens (tertiary/aromatic N) is 1. The highest BCUT2D eigenvalue weighted by Gasteiger charge is 2.29. The number of alkyl carbamates (subject to hydrolysis) is 1. The fourth-order valence-corrected chi connectivity index (χ4v) is 1.40. The number of nitrogens with one attached hydrogen (secondary N) is 1. The van der Waals surface area contributed by atoms with Gasteiger partial charge in [0, 0.05) is 14.1 Å². The largest absolute Gasteiger partial charge is 0.444 e. The maximum absolute atomic E-state index is 12.0. The zero-order valence-corrected chi connectivity index (χ0v) is 12.5. The summed E-state index contributed by atoms with van der Waals surface area (Å²) in [5, 5.41) is 2.65. The molecule has 0 heterocycles. The predicted octanol–water partition coefficient (Wildman–Crippen LogP) is 2.01. The van der Waals surface area contributed by atoms with Gasteiger partial charge in [-0.25, -0.2) is 4.79 Å². The fraction of sp³-hybridized carbons (Fsp3) is 0.846. The Morgan fingerprint density at radius 3 is 2.11 bits per heavy atom. The van der Waals surface area contributed by atoms with Crippen LogP contribution in [0.25, 0.3) is 0 Å². The molecule has 0 aromatic heterocycles. The molecule has 0 aliphatic heterocycles. The summed E-state index contributed by atoms with van der Waals surface area (Å²) in [5.41, 5.74) is -0.564. The van der Waals surface area contributed by atoms with Crippen molar-refractivity contribution in [3.8, 4) is 0 Å². The summed E-state index contributed by atoms with van der Waals surface area (Å²) >= 11 is 0. The quantitative estimate of drug-likeness (QED) is 0.839. The Morgan fingerprint density at radius 1 is 1.28 bits per heavy atom. The van der Waals surface area contributed by atoms with Crippen molar-refractivity contribution in [1.82, 2.24) is 10.2 Å². The number of likely N-dealkylation sites (N-methyl/N-ethyl adjacent to an activating group) is 1. The Kier molecular flexibility index (Phi) is 6.15. The summed E-state index contributed by atoms with van der Waals surface area (Å²) in [4.78, 5) is 25.2. The molecule has 0 fully saturated rings. The highest BCUT2D eigenvalue weighted by molar-refractivity contribution is 5.85. The lowest BCUT2D eigenvalue weighted by Gasteiger charge is -2.28. The molecule has 2 amide bonds. The first-order valence-corrected chi connectivity index (χ1v) is 6.29. The van der Waals surface area contributed by atoms with Crippen LogP contribution in [0.1, 0.15) is 41.0 Å². The lowest BCUT2D eigenvalue weighted by atomic mass is 9.98. The molecule has 0 aromatic rings. The van der Waals surface area contributed by atoms with Crippen molar-refractivity contribution in [3.63, 3.8) is 0 Å². The molecule has 0 aromatic carbocycles. The second kappa shape index (κ2) is 6.61. The van der Waals surface area contributed by atoms with E-state index in [4.69, 9.17) is 4.74 Å². The van der Waals surface area contributed by atoms with E-state index in [0.29, 0.717) is 0 Å². The summed E-state index contributed by atoms with van der Waals surface area (Å²) in [7, 11) is 3.35. The first-order valence-electron chi connectivity index (χ1n) is 6.29. The van der Waals surface area contributed by atoms with Crippen LogP contribution in [-0.4, -0.2) is 42.6 Å². The smallest absolute Gasteiger partial charge is 0.408 e. The first-order chi connectivity index (χ1) is 8.08. The monoisotopic (exact) mass is 258 g/mol. The van der Waals surface area contributed by atoms with Gasteiger partial charge in [0.25, 0.3) is 0 Å². The fourth-order valence-electron chi connectivity index (χ4n) is 1.40. The molecule has 0 saturated carbocycles. The number of carbonyl (C=O) groups excluding carboxylic acids is 2. The van der Waals surface area contributed by atoms with Gasteiger partial charge in [0.2, 0.25) is 5.91 Å². The first kappa shape index (κ1) is 16.7. The van der Waals surface area contributed by atoms with Gasteiger partial charge in [0.05, 0.1) is 0 Å². The van der Waals surface area contributed by atoms with Gasteiger partial charge >= 0.3 is 6.09 Å². The molecule has 0 aliphatic carbocycles. The second-order valence-corrected chi connectivity index (χ2v) is 5.74. The average Bonchev–Trinajstić information content (AvgIpc) is 2.21. The van der Waals surface area contributed by atoms with Crippen LogP contribution in [0, 0.1) is 5.92 Å². The van der Waals surface area contributed by atoms with E-state index in [9.17, 15) is 9.59 Å². The van der Waals surface area contributed by atoms with Gasteiger partial charge < -0.3 is 15.0 Å². The van der Waals surface area contributed by atoms with Gasteiger partial charge in [0.1, 0.15) is 11.6 Å². The van der Waals surface area contributed by atoms with E-state index in [1.807, 2.05) is 13.8 Å². The van der Waals surface area contributed by atoms with Gasteiger partial charge in [-0.05, 0) is 26.7 Å². The number of rotatable bonds is 4. The van der Waals surface area contributed by atoms with E-state index in [1.54, 1.807) is 34.9 Å². The molecule has 106 valence electrons. The number of carbonyl (C=O) groups is 2. The topological polar surface area (TPSA) is 58.6 Å². The van der Waals surface area contributed by atoms with Gasteiger partial charge in [-0.3, -0.25) is 4.79 Å². The minimum absolute atomic E-state index is 0.0624. The minimum Gasteiger partial charge on any atom is -0.444 e. The van der Waals surface area contributed by atoms with Gasteiger partial charge in [-0.15, -0.1) is 0 Å². The normalized spacial score (nSPS) is 14.6. The van der Waals surface area contributed by atoms with Gasteiger partial charge in [-0.1, -0.05) is 20.3 Å². The third-order valence-electron chi connectivity index (χ3n) is 2.59. The molecule has 0 rings (SSSR count). The molecule has 0 saturated heterocycles. The Balaban J connectivity index is 4.71. The summed E-state index contributed by atoms with van der Waals surface area (Å²) in [5.74, 6) is -0.0531. The van der Waals surface area contributed by atoms with Crippen LogP contribution in [0.4, 0.5) is 4.79 Å². The maximum atomic E-state index is 12.0. The lowest BCUT2D eigenvalue weighted by Crippen LogP contribution is -2.50. The van der Waals surface area contributed by atoms with E-state index in [1.165, 1.54) is 4.90 Å². The predicted molar refractivity (Wildman–Crippen MR) is 71.3 cm³/mol. The highest BCUT2D eigenvalue weighted by atomic mass is 16.6. The molecule has 5 nitrogen and oxygen atoms in total. The van der Waals surface area contributed by atoms with Crippen LogP contribution in [0.15, 0.2) is 0 Å². The van der Waals surface area contributed by atoms with Crippen molar-refractivity contribution in [2.24, 2.45) is 5.92 Å². The summed E-state index contributed by atoms with van der Waals surface area (Å²) < 4.78 is 5.17. The lowest BCUT2D eigenvalue weighted by molar-refractivity contribution is -0.132. The van der Waals surface area contributed by atoms with E-state index < -0.39 is 17.7 Å². The van der Waals surface area contributed by atoms with Crippen molar-refractivity contribution < 1.29 is 14.3 Å². The third kappa shape index (κ3) is 5.89. The minimum atomic E-state index is -0.564. The summed E-state index contributed by atoms with van der Waals surface area (Å²) in [6, 6.07) is -0.542. The van der Waals surface area contributed by atoms with Gasteiger partial charge in [0.15, 0.2) is 0 Å². The SMILES string of the molecule is CC[C@H](C)[C@H](NC(=O)OC(C)(C)C)C(=O)N(C)C. The Hall–Kier alpha value is -1.26. The molecular weight excluding hydrogens is 232 g/mol. The maximum Gasteiger partial charge on any atom is 0.408 e. The molecular formula is C13H26N2O3. The molecule has 18 heavy (non-hydrogen) atoms. The molecule has 0 aliphatic rings. The van der Waals surface area contributed by atoms with Crippen LogP contribution in [0.2, 0.25) is 0 Å². The van der Waals surface area contributed by atoms with E-state index in [0.717, 1.165) is 6.42 Å². The zero-order valence-electron chi connectivity index (χ0n) is 12.5. The summed E-state index contributed by atoms with van der Waals surface area (Å²) in [6.45, 7) is 9.29. The van der Waals surface area contributed by atoms with E-state index in [2.05, 4.69) is 5.32 Å². The standard InChI is InChI=1S/C13H26N2O3/c1-8-9(2)10(11(16)15(6)7)14-12(17)18-13(3,4)5/h9-10H,8H2,1-7H3,(H,14,17)/t9-,10-/m0/s1. The Bertz CT molecular complexity index is 295. The van der Waals surface area contributed by atoms with Crippen molar-refractivity contribution in [2.75, 3.05) is 14.1 Å². The molecule has 2 atom stereocenters. The van der Waals surface area contributed by atoms with Crippen LogP contribution in [0.3, 0.4) is 0 Å². The Morgan fingerprint density at radius 2 is 1.78 bits per heavy atom. The van der Waals surface area contributed by atoms with Crippen molar-refractivity contribution in [1.29, 1.82) is 0 Å². The molecule has 0 unspecified atom stereocenters. The average molecular weight is 258 g/mol. The molecule has 1 N–H and O–H groups in total. The second-order valence-electron chi connectivity index (χ2n) is 5.74. The van der Waals surface area contributed by atoms with Crippen LogP contribution >= 0.6 is 0 Å². The molecule has 0 spiro atoms. The van der Waals surface area contributed by atoms with Crippen molar-refractivity contribution in [3.05, 3.63) is 0 Å². The van der Waals surface area contributed by atoms with Crippen LogP contribution < -0.4 is 5.32 Å². The van der Waals surface area contributed by atoms with E-state index >= 15 is 0 Å². The molecule has 5 heteroatoms. The van der Waals surface area contributed by atoms with Crippen LogP contribution in [-0.2, 0) is 9.53 Å². The van der Waals surface area contributed by atoms with Crippen molar-refractivity contribution in [2.45, 2.75) is 52.7 Å². The highest BCUT2D eigenvalue weighted by Crippen LogP contribution is 2.12.